The lowest BCUT2D eigenvalue weighted by Crippen LogP contribution is -2.28. The van der Waals surface area contributed by atoms with Crippen molar-refractivity contribution < 1.29 is 9.90 Å². The van der Waals surface area contributed by atoms with Crippen LogP contribution in [0.3, 0.4) is 0 Å². The predicted octanol–water partition coefficient (Wildman–Crippen LogP) is 2.10. The molecule has 76 valence electrons. The first-order chi connectivity index (χ1) is 6.79. The van der Waals surface area contributed by atoms with Gasteiger partial charge in [-0.15, -0.1) is 11.3 Å². The molecule has 1 fully saturated rings. The zero-order chi connectivity index (χ0) is 9.97. The number of aliphatic hydroxyl groups is 1. The van der Waals surface area contributed by atoms with Crippen molar-refractivity contribution in [2.45, 2.75) is 12.5 Å². The van der Waals surface area contributed by atoms with Crippen LogP contribution >= 0.6 is 23.1 Å². The van der Waals surface area contributed by atoms with Crippen LogP contribution in [-0.4, -0.2) is 22.4 Å². The Balaban J connectivity index is 2.10. The lowest BCUT2D eigenvalue weighted by molar-refractivity contribution is -0.125. The molecular formula is C10H12O2S2. The van der Waals surface area contributed by atoms with Gasteiger partial charge in [-0.05, 0) is 11.4 Å². The van der Waals surface area contributed by atoms with E-state index in [1.54, 1.807) is 11.8 Å². The molecule has 0 bridgehead atoms. The number of thioether (sulfide) groups is 1. The molecule has 2 heterocycles. The van der Waals surface area contributed by atoms with E-state index < -0.39 is 6.10 Å². The maximum atomic E-state index is 11.6. The third-order valence-corrected chi connectivity index (χ3v) is 4.45. The van der Waals surface area contributed by atoms with Gasteiger partial charge in [-0.2, -0.15) is 11.8 Å². The second-order valence-corrected chi connectivity index (χ2v) is 5.49. The lowest BCUT2D eigenvalue weighted by Gasteiger charge is -2.24. The van der Waals surface area contributed by atoms with Gasteiger partial charge in [-0.3, -0.25) is 4.79 Å². The quantitative estimate of drug-likeness (QED) is 0.842. The fraction of sp³-hybridized carbons (Fsp3) is 0.500. The van der Waals surface area contributed by atoms with Crippen LogP contribution in [-0.2, 0) is 4.79 Å². The van der Waals surface area contributed by atoms with E-state index in [0.29, 0.717) is 6.42 Å². The van der Waals surface area contributed by atoms with Crippen LogP contribution in [0.15, 0.2) is 17.5 Å². The summed E-state index contributed by atoms with van der Waals surface area (Å²) in [6.45, 7) is 0. The summed E-state index contributed by atoms with van der Waals surface area (Å²) < 4.78 is 0. The summed E-state index contributed by atoms with van der Waals surface area (Å²) in [5, 5.41) is 11.9. The van der Waals surface area contributed by atoms with Crippen LogP contribution in [0.5, 0.6) is 0 Å². The van der Waals surface area contributed by atoms with Crippen LogP contribution in [0.1, 0.15) is 17.4 Å². The molecule has 2 atom stereocenters. The molecule has 4 heteroatoms. The van der Waals surface area contributed by atoms with Gasteiger partial charge in [-0.1, -0.05) is 6.07 Å². The van der Waals surface area contributed by atoms with Crippen LogP contribution in [0.25, 0.3) is 0 Å². The largest absolute Gasteiger partial charge is 0.387 e. The highest BCUT2D eigenvalue weighted by molar-refractivity contribution is 7.99. The number of thiophene rings is 1. The molecule has 1 aromatic rings. The zero-order valence-corrected chi connectivity index (χ0v) is 9.31. The molecule has 0 amide bonds. The van der Waals surface area contributed by atoms with Crippen molar-refractivity contribution in [2.24, 2.45) is 5.92 Å². The molecule has 1 saturated heterocycles. The highest BCUT2D eigenvalue weighted by Gasteiger charge is 2.30. The number of hydrogen-bond donors (Lipinski definition) is 1. The highest BCUT2D eigenvalue weighted by Crippen LogP contribution is 2.32. The van der Waals surface area contributed by atoms with E-state index in [-0.39, 0.29) is 11.7 Å². The Morgan fingerprint density at radius 2 is 2.43 bits per heavy atom. The molecule has 2 rings (SSSR count). The monoisotopic (exact) mass is 228 g/mol. The fourth-order valence-electron chi connectivity index (χ4n) is 1.59. The molecule has 1 aliphatic rings. The number of rotatable bonds is 2. The van der Waals surface area contributed by atoms with Crippen LogP contribution < -0.4 is 0 Å². The summed E-state index contributed by atoms with van der Waals surface area (Å²) in [6.07, 6.45) is 0.0212. The Labute approximate surface area is 91.3 Å². The summed E-state index contributed by atoms with van der Waals surface area (Å²) in [4.78, 5) is 12.5. The fourth-order valence-corrected chi connectivity index (χ4v) is 3.50. The molecule has 1 N–H and O–H groups in total. The smallest absolute Gasteiger partial charge is 0.140 e. The average Bonchev–Trinajstić information content (AvgIpc) is 2.70. The van der Waals surface area contributed by atoms with E-state index in [4.69, 9.17) is 0 Å². The second-order valence-electron chi connectivity index (χ2n) is 3.36. The van der Waals surface area contributed by atoms with Gasteiger partial charge in [0.15, 0.2) is 0 Å². The second kappa shape index (κ2) is 4.47. The van der Waals surface area contributed by atoms with E-state index in [0.717, 1.165) is 16.4 Å². The number of carbonyl (C=O) groups is 1. The molecule has 0 unspecified atom stereocenters. The minimum Gasteiger partial charge on any atom is -0.387 e. The van der Waals surface area contributed by atoms with Crippen molar-refractivity contribution >= 4 is 28.9 Å². The van der Waals surface area contributed by atoms with Gasteiger partial charge in [-0.25, -0.2) is 0 Å². The van der Waals surface area contributed by atoms with Gasteiger partial charge in [0.25, 0.3) is 0 Å². The van der Waals surface area contributed by atoms with E-state index in [1.807, 2.05) is 17.5 Å². The van der Waals surface area contributed by atoms with Crippen LogP contribution in [0.4, 0.5) is 0 Å². The number of carbonyl (C=O) groups excluding carboxylic acids is 1. The Morgan fingerprint density at radius 3 is 3.07 bits per heavy atom. The first-order valence-corrected chi connectivity index (χ1v) is 6.64. The van der Waals surface area contributed by atoms with Crippen molar-refractivity contribution in [1.82, 2.24) is 0 Å². The minimum atomic E-state index is -0.588. The Morgan fingerprint density at radius 1 is 1.57 bits per heavy atom. The lowest BCUT2D eigenvalue weighted by atomic mass is 9.96. The van der Waals surface area contributed by atoms with Gasteiger partial charge in [0, 0.05) is 22.8 Å². The zero-order valence-electron chi connectivity index (χ0n) is 7.68. The Kier molecular flexibility index (Phi) is 3.26. The van der Waals surface area contributed by atoms with Gasteiger partial charge in [0.2, 0.25) is 0 Å². The molecule has 2 nitrogen and oxygen atoms in total. The van der Waals surface area contributed by atoms with Crippen molar-refractivity contribution in [3.05, 3.63) is 22.4 Å². The summed E-state index contributed by atoms with van der Waals surface area (Å²) >= 11 is 3.27. The van der Waals surface area contributed by atoms with Crippen molar-refractivity contribution in [2.75, 3.05) is 11.5 Å². The maximum Gasteiger partial charge on any atom is 0.140 e. The molecule has 14 heavy (non-hydrogen) atoms. The maximum absolute atomic E-state index is 11.6. The van der Waals surface area contributed by atoms with Crippen LogP contribution in [0, 0.1) is 5.92 Å². The first kappa shape index (κ1) is 10.2. The van der Waals surface area contributed by atoms with Gasteiger partial charge >= 0.3 is 0 Å². The van der Waals surface area contributed by atoms with Gasteiger partial charge < -0.3 is 5.11 Å². The standard InChI is InChI=1S/C10H12O2S2/c11-8-3-5-13-6-7(8)10(12)9-2-1-4-14-9/h1-2,4,7,10,12H,3,5-6H2/t7-,10-/m1/s1. The summed E-state index contributed by atoms with van der Waals surface area (Å²) in [6, 6.07) is 3.80. The van der Waals surface area contributed by atoms with Crippen LogP contribution in [0.2, 0.25) is 0 Å². The highest BCUT2D eigenvalue weighted by atomic mass is 32.2. The minimum absolute atomic E-state index is 0.188. The third kappa shape index (κ3) is 2.02. The number of hydrogen-bond acceptors (Lipinski definition) is 4. The van der Waals surface area contributed by atoms with Crippen molar-refractivity contribution in [3.8, 4) is 0 Å². The van der Waals surface area contributed by atoms with E-state index in [2.05, 4.69) is 0 Å². The summed E-state index contributed by atoms with van der Waals surface area (Å²) in [5.41, 5.74) is 0. The first-order valence-electron chi connectivity index (χ1n) is 4.61. The molecule has 1 aliphatic heterocycles. The number of aliphatic hydroxyl groups excluding tert-OH is 1. The molecule has 1 aromatic heterocycles. The third-order valence-electron chi connectivity index (χ3n) is 2.42. The normalized spacial score (nSPS) is 24.9. The Bertz CT molecular complexity index is 308. The van der Waals surface area contributed by atoms with Gasteiger partial charge in [0.05, 0.1) is 12.0 Å². The summed E-state index contributed by atoms with van der Waals surface area (Å²) in [5.74, 6) is 1.70. The Hall–Kier alpha value is -0.320. The molecule has 0 aliphatic carbocycles. The van der Waals surface area contributed by atoms with E-state index in [9.17, 15) is 9.90 Å². The predicted molar refractivity (Wildman–Crippen MR) is 59.7 cm³/mol. The molecule has 0 aromatic carbocycles. The van der Waals surface area contributed by atoms with Gasteiger partial charge in [0.1, 0.15) is 5.78 Å². The average molecular weight is 228 g/mol. The van der Waals surface area contributed by atoms with E-state index >= 15 is 0 Å². The molecule has 0 saturated carbocycles. The molecular weight excluding hydrogens is 216 g/mol. The number of Topliss-reactive ketones (excluding diaryl/α,β-unsaturated/α-hetero) is 1. The van der Waals surface area contributed by atoms with Crippen molar-refractivity contribution in [3.63, 3.8) is 0 Å². The summed E-state index contributed by atoms with van der Waals surface area (Å²) in [7, 11) is 0. The molecule has 0 spiro atoms. The number of ketones is 1. The van der Waals surface area contributed by atoms with E-state index in [1.165, 1.54) is 11.3 Å². The molecule has 0 radical (unpaired) electrons. The topological polar surface area (TPSA) is 37.3 Å². The van der Waals surface area contributed by atoms with Crippen molar-refractivity contribution in [1.29, 1.82) is 0 Å². The SMILES string of the molecule is O=C1CCSC[C@H]1[C@@H](O)c1cccs1.